The van der Waals surface area contributed by atoms with Crippen molar-refractivity contribution in [1.29, 1.82) is 0 Å². The zero-order chi connectivity index (χ0) is 23.6. The standard InChI is InChI=1S/C23H21F3N2O4/c1-13-11-17(14(2)28(13)19-8-6-5-7-18(19)23(24,25)26)21(29)27-15-9-10-16(22(30)32-4)20(12-15)31-3/h5-12H,1-4H3,(H,27,29). The van der Waals surface area contributed by atoms with Crippen LogP contribution in [0.2, 0.25) is 0 Å². The number of methoxy groups -OCH3 is 2. The smallest absolute Gasteiger partial charge is 0.418 e. The van der Waals surface area contributed by atoms with Gasteiger partial charge in [-0.2, -0.15) is 13.2 Å². The second-order valence-corrected chi connectivity index (χ2v) is 7.00. The summed E-state index contributed by atoms with van der Waals surface area (Å²) in [5, 5.41) is 2.69. The Kier molecular flexibility index (Phi) is 6.29. The van der Waals surface area contributed by atoms with Gasteiger partial charge in [0.25, 0.3) is 5.91 Å². The molecule has 1 heterocycles. The van der Waals surface area contributed by atoms with Crippen LogP contribution in [0, 0.1) is 13.8 Å². The summed E-state index contributed by atoms with van der Waals surface area (Å²) in [7, 11) is 2.61. The van der Waals surface area contributed by atoms with Gasteiger partial charge >= 0.3 is 12.1 Å². The Hall–Kier alpha value is -3.75. The SMILES string of the molecule is COC(=O)c1ccc(NC(=O)c2cc(C)n(-c3ccccc3C(F)(F)F)c2C)cc1OC. The number of hydrogen-bond donors (Lipinski definition) is 1. The van der Waals surface area contributed by atoms with E-state index in [9.17, 15) is 22.8 Å². The van der Waals surface area contributed by atoms with Gasteiger partial charge in [-0.3, -0.25) is 4.79 Å². The summed E-state index contributed by atoms with van der Waals surface area (Å²) < 4.78 is 51.8. The van der Waals surface area contributed by atoms with Crippen molar-refractivity contribution in [2.24, 2.45) is 0 Å². The molecule has 0 aliphatic carbocycles. The van der Waals surface area contributed by atoms with E-state index in [-0.39, 0.29) is 22.6 Å². The molecule has 3 aromatic rings. The number of ether oxygens (including phenoxy) is 2. The van der Waals surface area contributed by atoms with Crippen LogP contribution in [-0.2, 0) is 10.9 Å². The van der Waals surface area contributed by atoms with Gasteiger partial charge in [-0.05, 0) is 44.2 Å². The Balaban J connectivity index is 1.97. The minimum Gasteiger partial charge on any atom is -0.496 e. The Bertz CT molecular complexity index is 1180. The molecule has 0 aliphatic heterocycles. The van der Waals surface area contributed by atoms with Crippen molar-refractivity contribution in [3.63, 3.8) is 0 Å². The molecule has 0 bridgehead atoms. The van der Waals surface area contributed by atoms with E-state index in [0.717, 1.165) is 6.07 Å². The first-order valence-corrected chi connectivity index (χ1v) is 9.51. The number of halogens is 3. The number of anilines is 1. The number of amides is 1. The third kappa shape index (κ3) is 4.32. The first-order valence-electron chi connectivity index (χ1n) is 9.51. The summed E-state index contributed by atoms with van der Waals surface area (Å²) in [6.07, 6.45) is -4.54. The highest BCUT2D eigenvalue weighted by Gasteiger charge is 2.34. The van der Waals surface area contributed by atoms with E-state index in [0.29, 0.717) is 17.1 Å². The van der Waals surface area contributed by atoms with Gasteiger partial charge in [-0.25, -0.2) is 4.79 Å². The number of benzene rings is 2. The normalized spacial score (nSPS) is 11.2. The van der Waals surface area contributed by atoms with Crippen LogP contribution in [0.4, 0.5) is 18.9 Å². The van der Waals surface area contributed by atoms with Crippen molar-refractivity contribution < 1.29 is 32.2 Å². The van der Waals surface area contributed by atoms with E-state index < -0.39 is 23.6 Å². The number of aromatic nitrogens is 1. The maximum Gasteiger partial charge on any atom is 0.418 e. The molecule has 2 aromatic carbocycles. The predicted molar refractivity (Wildman–Crippen MR) is 113 cm³/mol. The highest BCUT2D eigenvalue weighted by molar-refractivity contribution is 6.06. The largest absolute Gasteiger partial charge is 0.496 e. The number of carbonyl (C=O) groups is 2. The van der Waals surface area contributed by atoms with Gasteiger partial charge in [0.05, 0.1) is 31.0 Å². The summed E-state index contributed by atoms with van der Waals surface area (Å²) in [5.41, 5.74) is 0.735. The lowest BCUT2D eigenvalue weighted by Crippen LogP contribution is -2.15. The maximum atomic E-state index is 13.5. The average Bonchev–Trinajstić information content (AvgIpc) is 3.06. The van der Waals surface area contributed by atoms with Crippen molar-refractivity contribution >= 4 is 17.6 Å². The fourth-order valence-electron chi connectivity index (χ4n) is 3.52. The number of carbonyl (C=O) groups excluding carboxylic acids is 2. The number of alkyl halides is 3. The molecule has 0 fully saturated rings. The Morgan fingerprint density at radius 2 is 1.66 bits per heavy atom. The van der Waals surface area contributed by atoms with Crippen LogP contribution in [-0.4, -0.2) is 30.7 Å². The predicted octanol–water partition coefficient (Wildman–Crippen LogP) is 5.16. The number of nitrogens with one attached hydrogen (secondary N) is 1. The summed E-state index contributed by atoms with van der Waals surface area (Å²) in [6, 6.07) is 11.1. The number of nitrogens with zero attached hydrogens (tertiary/aromatic N) is 1. The van der Waals surface area contributed by atoms with E-state index in [1.54, 1.807) is 13.8 Å². The summed E-state index contributed by atoms with van der Waals surface area (Å²) >= 11 is 0. The van der Waals surface area contributed by atoms with Gasteiger partial charge in [0.2, 0.25) is 0 Å². The maximum absolute atomic E-state index is 13.5. The van der Waals surface area contributed by atoms with Crippen LogP contribution in [0.3, 0.4) is 0 Å². The second kappa shape index (κ2) is 8.78. The fourth-order valence-corrected chi connectivity index (χ4v) is 3.52. The molecule has 1 aromatic heterocycles. The van der Waals surface area contributed by atoms with Gasteiger partial charge < -0.3 is 19.4 Å². The third-order valence-corrected chi connectivity index (χ3v) is 4.99. The minimum absolute atomic E-state index is 0.0573. The number of hydrogen-bond acceptors (Lipinski definition) is 4. The topological polar surface area (TPSA) is 69.6 Å². The van der Waals surface area contributed by atoms with Crippen LogP contribution in [0.25, 0.3) is 5.69 Å². The molecule has 0 unspecified atom stereocenters. The molecule has 1 N–H and O–H groups in total. The van der Waals surface area contributed by atoms with Crippen LogP contribution in [0.1, 0.15) is 37.7 Å². The molecule has 3 rings (SSSR count). The van der Waals surface area contributed by atoms with E-state index in [4.69, 9.17) is 4.74 Å². The van der Waals surface area contributed by atoms with Crippen LogP contribution < -0.4 is 10.1 Å². The van der Waals surface area contributed by atoms with Crippen molar-refractivity contribution in [1.82, 2.24) is 4.57 Å². The van der Waals surface area contributed by atoms with Gasteiger partial charge in [-0.1, -0.05) is 12.1 Å². The lowest BCUT2D eigenvalue weighted by Gasteiger charge is -2.17. The molecule has 1 amide bonds. The number of esters is 1. The number of rotatable bonds is 5. The molecular formula is C23H21F3N2O4. The molecule has 0 spiro atoms. The van der Waals surface area contributed by atoms with Crippen LogP contribution in [0.5, 0.6) is 5.75 Å². The monoisotopic (exact) mass is 446 g/mol. The number of aryl methyl sites for hydroxylation is 1. The average molecular weight is 446 g/mol. The summed E-state index contributed by atoms with van der Waals surface area (Å²) in [4.78, 5) is 24.7. The fraction of sp³-hybridized carbons (Fsp3) is 0.217. The zero-order valence-electron chi connectivity index (χ0n) is 17.8. The van der Waals surface area contributed by atoms with E-state index in [1.807, 2.05) is 0 Å². The molecule has 0 saturated carbocycles. The quantitative estimate of drug-likeness (QED) is 0.550. The van der Waals surface area contributed by atoms with Crippen molar-refractivity contribution in [3.8, 4) is 11.4 Å². The van der Waals surface area contributed by atoms with Crippen molar-refractivity contribution in [3.05, 3.63) is 76.6 Å². The Morgan fingerprint density at radius 3 is 2.28 bits per heavy atom. The number of para-hydroxylation sites is 1. The van der Waals surface area contributed by atoms with E-state index >= 15 is 0 Å². The van der Waals surface area contributed by atoms with Gasteiger partial charge in [0.15, 0.2) is 0 Å². The highest BCUT2D eigenvalue weighted by Crippen LogP contribution is 2.35. The third-order valence-electron chi connectivity index (χ3n) is 4.99. The lowest BCUT2D eigenvalue weighted by atomic mass is 10.1. The first-order chi connectivity index (χ1) is 15.1. The van der Waals surface area contributed by atoms with Crippen LogP contribution >= 0.6 is 0 Å². The molecule has 168 valence electrons. The lowest BCUT2D eigenvalue weighted by molar-refractivity contribution is -0.137. The van der Waals surface area contributed by atoms with Gasteiger partial charge in [-0.15, -0.1) is 0 Å². The molecule has 0 radical (unpaired) electrons. The zero-order valence-corrected chi connectivity index (χ0v) is 17.8. The van der Waals surface area contributed by atoms with Crippen molar-refractivity contribution in [2.75, 3.05) is 19.5 Å². The van der Waals surface area contributed by atoms with E-state index in [1.165, 1.54) is 61.3 Å². The molecular weight excluding hydrogens is 425 g/mol. The summed E-state index contributed by atoms with van der Waals surface area (Å²) in [6.45, 7) is 3.21. The van der Waals surface area contributed by atoms with Gasteiger partial charge in [0.1, 0.15) is 11.3 Å². The Labute approximate surface area is 182 Å². The van der Waals surface area contributed by atoms with Gasteiger partial charge in [0, 0.05) is 23.1 Å². The molecule has 0 atom stereocenters. The molecule has 0 aliphatic rings. The molecule has 6 nitrogen and oxygen atoms in total. The second-order valence-electron chi connectivity index (χ2n) is 7.00. The minimum atomic E-state index is -4.54. The molecule has 9 heteroatoms. The Morgan fingerprint density at radius 1 is 0.969 bits per heavy atom. The van der Waals surface area contributed by atoms with Crippen molar-refractivity contribution in [2.45, 2.75) is 20.0 Å². The first kappa shape index (κ1) is 22.9. The highest BCUT2D eigenvalue weighted by atomic mass is 19.4. The molecule has 32 heavy (non-hydrogen) atoms. The summed E-state index contributed by atoms with van der Waals surface area (Å²) in [5.74, 6) is -0.896. The van der Waals surface area contributed by atoms with Crippen LogP contribution in [0.15, 0.2) is 48.5 Å². The molecule has 0 saturated heterocycles. The van der Waals surface area contributed by atoms with E-state index in [2.05, 4.69) is 10.1 Å².